The lowest BCUT2D eigenvalue weighted by molar-refractivity contribution is -0.138. The summed E-state index contributed by atoms with van der Waals surface area (Å²) >= 11 is 0. The molecule has 2 fully saturated rings. The van der Waals surface area contributed by atoms with E-state index < -0.39 is 5.97 Å². The van der Waals surface area contributed by atoms with Crippen molar-refractivity contribution >= 4 is 12.0 Å². The first-order valence-corrected chi connectivity index (χ1v) is 8.12. The molecule has 120 valence electrons. The normalized spacial score (nSPS) is 21.2. The zero-order chi connectivity index (χ0) is 15.1. The Bertz CT molecular complexity index is 356. The fourth-order valence-electron chi connectivity index (χ4n) is 3.32. The van der Waals surface area contributed by atoms with Crippen molar-refractivity contribution in [3.8, 4) is 0 Å². The van der Waals surface area contributed by atoms with Crippen LogP contribution in [0.4, 0.5) is 4.79 Å². The summed E-state index contributed by atoms with van der Waals surface area (Å²) in [6.45, 7) is 3.55. The smallest absolute Gasteiger partial charge is 0.317 e. The Hall–Kier alpha value is -1.30. The van der Waals surface area contributed by atoms with E-state index in [1.807, 2.05) is 9.80 Å². The summed E-state index contributed by atoms with van der Waals surface area (Å²) in [5, 5.41) is 11.8. The van der Waals surface area contributed by atoms with Crippen LogP contribution >= 0.6 is 0 Å². The van der Waals surface area contributed by atoms with E-state index in [4.69, 9.17) is 5.11 Å². The molecule has 0 atom stereocenters. The van der Waals surface area contributed by atoms with Gasteiger partial charge in [-0.1, -0.05) is 25.7 Å². The van der Waals surface area contributed by atoms with Crippen LogP contribution in [0.1, 0.15) is 38.5 Å². The van der Waals surface area contributed by atoms with Crippen LogP contribution in [0.15, 0.2) is 0 Å². The lowest BCUT2D eigenvalue weighted by Gasteiger charge is -2.22. The van der Waals surface area contributed by atoms with Gasteiger partial charge in [0.05, 0.1) is 6.54 Å². The van der Waals surface area contributed by atoms with Gasteiger partial charge in [-0.2, -0.15) is 0 Å². The van der Waals surface area contributed by atoms with E-state index in [0.717, 1.165) is 31.8 Å². The van der Waals surface area contributed by atoms with E-state index in [1.54, 1.807) is 0 Å². The largest absolute Gasteiger partial charge is 0.480 e. The standard InChI is InChI=1S/C15H27N3O3/c19-14(20)12-17-8-3-9-18(11-10-17)15(21)16-7-6-13-4-1-2-5-13/h13H,1-12H2,(H,16,21)(H,19,20). The molecule has 1 heterocycles. The Morgan fingerprint density at radius 3 is 2.52 bits per heavy atom. The molecule has 2 amide bonds. The van der Waals surface area contributed by atoms with E-state index >= 15 is 0 Å². The van der Waals surface area contributed by atoms with Crippen LogP contribution in [0, 0.1) is 5.92 Å². The van der Waals surface area contributed by atoms with Crippen LogP contribution in [-0.2, 0) is 4.79 Å². The van der Waals surface area contributed by atoms with Crippen molar-refractivity contribution in [2.24, 2.45) is 5.92 Å². The highest BCUT2D eigenvalue weighted by Gasteiger charge is 2.20. The van der Waals surface area contributed by atoms with Crippen molar-refractivity contribution in [3.63, 3.8) is 0 Å². The first-order valence-electron chi connectivity index (χ1n) is 8.12. The predicted molar refractivity (Wildman–Crippen MR) is 80.2 cm³/mol. The van der Waals surface area contributed by atoms with Gasteiger partial charge in [0.25, 0.3) is 0 Å². The summed E-state index contributed by atoms with van der Waals surface area (Å²) in [6.07, 6.45) is 7.22. The highest BCUT2D eigenvalue weighted by Crippen LogP contribution is 2.26. The minimum absolute atomic E-state index is 0.00479. The molecule has 6 heteroatoms. The molecule has 0 radical (unpaired) electrons. The minimum Gasteiger partial charge on any atom is -0.480 e. The molecular weight excluding hydrogens is 270 g/mol. The monoisotopic (exact) mass is 297 g/mol. The molecule has 0 aromatic rings. The van der Waals surface area contributed by atoms with E-state index in [2.05, 4.69) is 5.32 Å². The number of amides is 2. The van der Waals surface area contributed by atoms with Crippen LogP contribution in [0.25, 0.3) is 0 Å². The van der Waals surface area contributed by atoms with Gasteiger partial charge in [0.15, 0.2) is 0 Å². The predicted octanol–water partition coefficient (Wildman–Crippen LogP) is 1.37. The van der Waals surface area contributed by atoms with Gasteiger partial charge in [-0.3, -0.25) is 9.69 Å². The summed E-state index contributed by atoms with van der Waals surface area (Å²) in [5.74, 6) is -0.00930. The van der Waals surface area contributed by atoms with Gasteiger partial charge in [0, 0.05) is 32.7 Å². The van der Waals surface area contributed by atoms with E-state index in [9.17, 15) is 9.59 Å². The first kappa shape index (κ1) is 16.1. The summed E-state index contributed by atoms with van der Waals surface area (Å²) in [4.78, 5) is 26.6. The third kappa shape index (κ3) is 5.53. The zero-order valence-corrected chi connectivity index (χ0v) is 12.7. The van der Waals surface area contributed by atoms with Crippen LogP contribution in [0.2, 0.25) is 0 Å². The molecule has 1 saturated heterocycles. The maximum atomic E-state index is 12.1. The average Bonchev–Trinajstić information content (AvgIpc) is 2.84. The van der Waals surface area contributed by atoms with Gasteiger partial charge >= 0.3 is 12.0 Å². The molecule has 1 aliphatic carbocycles. The van der Waals surface area contributed by atoms with Gasteiger partial charge in [0.1, 0.15) is 0 Å². The first-order chi connectivity index (χ1) is 10.1. The Morgan fingerprint density at radius 2 is 1.81 bits per heavy atom. The highest BCUT2D eigenvalue weighted by atomic mass is 16.4. The number of carbonyl (C=O) groups is 2. The van der Waals surface area contributed by atoms with Crippen molar-refractivity contribution in [3.05, 3.63) is 0 Å². The number of urea groups is 1. The molecule has 1 saturated carbocycles. The molecular formula is C15H27N3O3. The van der Waals surface area contributed by atoms with Gasteiger partial charge in [-0.25, -0.2) is 4.79 Å². The van der Waals surface area contributed by atoms with E-state index in [0.29, 0.717) is 19.6 Å². The number of carbonyl (C=O) groups excluding carboxylic acids is 1. The molecule has 0 unspecified atom stereocenters. The average molecular weight is 297 g/mol. The second-order valence-electron chi connectivity index (χ2n) is 6.18. The van der Waals surface area contributed by atoms with Gasteiger partial charge in [0.2, 0.25) is 0 Å². The lowest BCUT2D eigenvalue weighted by atomic mass is 10.0. The third-order valence-corrected chi connectivity index (χ3v) is 4.54. The zero-order valence-electron chi connectivity index (χ0n) is 12.7. The third-order valence-electron chi connectivity index (χ3n) is 4.54. The summed E-state index contributed by atoms with van der Waals surface area (Å²) in [7, 11) is 0. The molecule has 0 bridgehead atoms. The SMILES string of the molecule is O=C(O)CN1CCCN(C(=O)NCCC2CCCC2)CC1. The summed E-state index contributed by atoms with van der Waals surface area (Å²) in [5.41, 5.74) is 0. The van der Waals surface area contributed by atoms with Crippen molar-refractivity contribution in [2.45, 2.75) is 38.5 Å². The fourth-order valence-corrected chi connectivity index (χ4v) is 3.32. The maximum Gasteiger partial charge on any atom is 0.317 e. The minimum atomic E-state index is -0.801. The Balaban J connectivity index is 1.66. The maximum absolute atomic E-state index is 12.1. The second kappa shape index (κ2) is 8.22. The van der Waals surface area contributed by atoms with Crippen LogP contribution in [-0.4, -0.2) is 66.2 Å². The van der Waals surface area contributed by atoms with Crippen LogP contribution in [0.3, 0.4) is 0 Å². The highest BCUT2D eigenvalue weighted by molar-refractivity contribution is 5.74. The van der Waals surface area contributed by atoms with Crippen LogP contribution in [0.5, 0.6) is 0 Å². The quantitative estimate of drug-likeness (QED) is 0.804. The van der Waals surface area contributed by atoms with Crippen LogP contribution < -0.4 is 5.32 Å². The number of aliphatic carboxylic acids is 1. The van der Waals surface area contributed by atoms with E-state index in [-0.39, 0.29) is 12.6 Å². The summed E-state index contributed by atoms with van der Waals surface area (Å²) < 4.78 is 0. The van der Waals surface area contributed by atoms with Crippen molar-refractivity contribution < 1.29 is 14.7 Å². The molecule has 0 spiro atoms. The number of hydrogen-bond acceptors (Lipinski definition) is 3. The lowest BCUT2D eigenvalue weighted by Crippen LogP contribution is -2.42. The fraction of sp³-hybridized carbons (Fsp3) is 0.867. The second-order valence-corrected chi connectivity index (χ2v) is 6.18. The molecule has 1 aliphatic heterocycles. The number of carboxylic acid groups (broad SMARTS) is 1. The summed E-state index contributed by atoms with van der Waals surface area (Å²) in [6, 6.07) is 0.00479. The number of nitrogens with zero attached hydrogens (tertiary/aromatic N) is 2. The number of hydrogen-bond donors (Lipinski definition) is 2. The topological polar surface area (TPSA) is 72.9 Å². The van der Waals surface area contributed by atoms with Gasteiger partial charge in [-0.05, 0) is 18.8 Å². The van der Waals surface area contributed by atoms with Gasteiger partial charge < -0.3 is 15.3 Å². The molecule has 0 aromatic carbocycles. The van der Waals surface area contributed by atoms with E-state index in [1.165, 1.54) is 25.7 Å². The van der Waals surface area contributed by atoms with Crippen molar-refractivity contribution in [1.82, 2.24) is 15.1 Å². The molecule has 0 aromatic heterocycles. The Kier molecular flexibility index (Phi) is 6.29. The number of nitrogens with one attached hydrogen (secondary N) is 1. The molecule has 21 heavy (non-hydrogen) atoms. The van der Waals surface area contributed by atoms with Gasteiger partial charge in [-0.15, -0.1) is 0 Å². The Labute approximate surface area is 126 Å². The molecule has 2 aliphatic rings. The van der Waals surface area contributed by atoms with Crippen molar-refractivity contribution in [2.75, 3.05) is 39.3 Å². The molecule has 2 N–H and O–H groups in total. The Morgan fingerprint density at radius 1 is 1.05 bits per heavy atom. The molecule has 6 nitrogen and oxygen atoms in total. The number of rotatable bonds is 5. The number of carboxylic acids is 1. The molecule has 2 rings (SSSR count). The van der Waals surface area contributed by atoms with Crippen molar-refractivity contribution in [1.29, 1.82) is 0 Å².